The number of H-pyrrole nitrogens is 1. The highest BCUT2D eigenvalue weighted by Crippen LogP contribution is 2.26. The number of hydrogen-bond donors (Lipinski definition) is 1. The third-order valence-electron chi connectivity index (χ3n) is 4.56. The molecule has 0 atom stereocenters. The summed E-state index contributed by atoms with van der Waals surface area (Å²) in [6.07, 6.45) is 3.65. The van der Waals surface area contributed by atoms with Crippen LogP contribution >= 0.6 is 0 Å². The summed E-state index contributed by atoms with van der Waals surface area (Å²) >= 11 is 0. The fourth-order valence-electron chi connectivity index (χ4n) is 3.13. The van der Waals surface area contributed by atoms with E-state index in [0.29, 0.717) is 5.65 Å². The van der Waals surface area contributed by atoms with Crippen LogP contribution in [0.1, 0.15) is 5.69 Å². The number of aromatic nitrogens is 5. The van der Waals surface area contributed by atoms with Crippen LogP contribution in [0.15, 0.2) is 67.0 Å². The van der Waals surface area contributed by atoms with Crippen LogP contribution in [0.25, 0.3) is 44.5 Å². The molecule has 3 heterocycles. The predicted molar refractivity (Wildman–Crippen MR) is 103 cm³/mol. The molecule has 0 aliphatic heterocycles. The first kappa shape index (κ1) is 14.7. The molecule has 0 saturated heterocycles. The van der Waals surface area contributed by atoms with E-state index in [1.807, 2.05) is 55.6 Å². The van der Waals surface area contributed by atoms with Gasteiger partial charge >= 0.3 is 0 Å². The number of nitrogens with zero attached hydrogens (tertiary/aromatic N) is 4. The molecule has 1 N–H and O–H groups in total. The average molecular weight is 337 g/mol. The Kier molecular flexibility index (Phi) is 3.25. The highest BCUT2D eigenvalue weighted by Gasteiger charge is 2.08. The van der Waals surface area contributed by atoms with Crippen LogP contribution in [0.3, 0.4) is 0 Å². The van der Waals surface area contributed by atoms with Gasteiger partial charge in [0.15, 0.2) is 5.65 Å². The molecule has 2 aromatic carbocycles. The molecule has 5 aromatic rings. The van der Waals surface area contributed by atoms with Crippen LogP contribution in [-0.4, -0.2) is 25.1 Å². The van der Waals surface area contributed by atoms with Gasteiger partial charge in [-0.2, -0.15) is 5.10 Å². The summed E-state index contributed by atoms with van der Waals surface area (Å²) in [6.45, 7) is 2.00. The third-order valence-corrected chi connectivity index (χ3v) is 4.56. The average Bonchev–Trinajstić information content (AvgIpc) is 3.08. The molecule has 0 fully saturated rings. The van der Waals surface area contributed by atoms with Gasteiger partial charge < -0.3 is 0 Å². The van der Waals surface area contributed by atoms with E-state index >= 15 is 0 Å². The normalized spacial score (nSPS) is 11.3. The van der Waals surface area contributed by atoms with Gasteiger partial charge in [0.1, 0.15) is 5.52 Å². The second kappa shape index (κ2) is 5.74. The van der Waals surface area contributed by atoms with Crippen molar-refractivity contribution in [2.24, 2.45) is 0 Å². The van der Waals surface area contributed by atoms with Crippen LogP contribution < -0.4 is 0 Å². The van der Waals surface area contributed by atoms with Crippen molar-refractivity contribution in [3.63, 3.8) is 0 Å². The third kappa shape index (κ3) is 2.41. The van der Waals surface area contributed by atoms with Crippen LogP contribution in [0, 0.1) is 6.92 Å². The Morgan fingerprint density at radius 3 is 2.58 bits per heavy atom. The predicted octanol–water partition coefficient (Wildman–Crippen LogP) is 4.54. The lowest BCUT2D eigenvalue weighted by Gasteiger charge is -2.05. The quantitative estimate of drug-likeness (QED) is 0.513. The number of aromatic amines is 1. The molecular formula is C21H15N5. The van der Waals surface area contributed by atoms with Crippen LogP contribution in [0.5, 0.6) is 0 Å². The molecule has 5 nitrogen and oxygen atoms in total. The van der Waals surface area contributed by atoms with Gasteiger partial charge in [0.2, 0.25) is 0 Å². The van der Waals surface area contributed by atoms with E-state index in [0.717, 1.165) is 44.5 Å². The number of pyridine rings is 1. The van der Waals surface area contributed by atoms with Gasteiger partial charge in [0, 0.05) is 22.7 Å². The molecule has 0 aliphatic carbocycles. The zero-order valence-electron chi connectivity index (χ0n) is 14.1. The summed E-state index contributed by atoms with van der Waals surface area (Å²) in [7, 11) is 0. The fourth-order valence-corrected chi connectivity index (χ4v) is 3.13. The lowest BCUT2D eigenvalue weighted by Crippen LogP contribution is -1.92. The Labute approximate surface area is 149 Å². The Bertz CT molecular complexity index is 1240. The highest BCUT2D eigenvalue weighted by atomic mass is 15.1. The maximum absolute atomic E-state index is 4.65. The minimum absolute atomic E-state index is 0.649. The minimum atomic E-state index is 0.649. The second-order valence-corrected chi connectivity index (χ2v) is 6.26. The van der Waals surface area contributed by atoms with Gasteiger partial charge in [-0.05, 0) is 30.7 Å². The number of aryl methyl sites for hydroxylation is 1. The maximum atomic E-state index is 4.65. The van der Waals surface area contributed by atoms with Gasteiger partial charge in [-0.25, -0.2) is 9.97 Å². The molecule has 0 aliphatic rings. The zero-order valence-corrected chi connectivity index (χ0v) is 14.1. The molecule has 0 unspecified atom stereocenters. The molecule has 0 saturated carbocycles. The SMILES string of the molecule is Cc1n[nH]c2ccc(-c3cnc4nc(-c5ccccc5)cnc4c3)cc12. The van der Waals surface area contributed by atoms with E-state index in [1.54, 1.807) is 6.20 Å². The Hall–Kier alpha value is -3.60. The van der Waals surface area contributed by atoms with Crippen LogP contribution in [-0.2, 0) is 0 Å². The van der Waals surface area contributed by atoms with Gasteiger partial charge in [-0.1, -0.05) is 36.4 Å². The standard InChI is InChI=1S/C21H15N5/c1-13-17-9-15(7-8-18(17)26-25-13)16-10-19-21(23-11-16)24-20(12-22-19)14-5-3-2-4-6-14/h2-12H,1H3,(H,25,26). The van der Waals surface area contributed by atoms with Crippen molar-refractivity contribution in [3.05, 3.63) is 72.7 Å². The first-order valence-electron chi connectivity index (χ1n) is 8.41. The Morgan fingerprint density at radius 2 is 1.69 bits per heavy atom. The zero-order chi connectivity index (χ0) is 17.5. The number of nitrogens with one attached hydrogen (secondary N) is 1. The van der Waals surface area contributed by atoms with Crippen molar-refractivity contribution in [2.75, 3.05) is 0 Å². The van der Waals surface area contributed by atoms with Crippen molar-refractivity contribution in [1.82, 2.24) is 25.1 Å². The topological polar surface area (TPSA) is 67.3 Å². The maximum Gasteiger partial charge on any atom is 0.178 e. The van der Waals surface area contributed by atoms with Crippen molar-refractivity contribution in [1.29, 1.82) is 0 Å². The summed E-state index contributed by atoms with van der Waals surface area (Å²) in [5, 5.41) is 8.40. The fraction of sp³-hybridized carbons (Fsp3) is 0.0476. The molecule has 0 bridgehead atoms. The molecule has 3 aromatic heterocycles. The van der Waals surface area contributed by atoms with E-state index in [9.17, 15) is 0 Å². The largest absolute Gasteiger partial charge is 0.278 e. The second-order valence-electron chi connectivity index (χ2n) is 6.26. The van der Waals surface area contributed by atoms with E-state index in [-0.39, 0.29) is 0 Å². The van der Waals surface area contributed by atoms with Crippen molar-refractivity contribution in [3.8, 4) is 22.4 Å². The van der Waals surface area contributed by atoms with Gasteiger partial charge in [-0.15, -0.1) is 0 Å². The van der Waals surface area contributed by atoms with Crippen molar-refractivity contribution in [2.45, 2.75) is 6.92 Å². The van der Waals surface area contributed by atoms with Gasteiger partial charge in [-0.3, -0.25) is 10.1 Å². The van der Waals surface area contributed by atoms with E-state index in [2.05, 4.69) is 37.3 Å². The molecule has 0 amide bonds. The molecular weight excluding hydrogens is 322 g/mol. The minimum Gasteiger partial charge on any atom is -0.278 e. The molecule has 5 heteroatoms. The Morgan fingerprint density at radius 1 is 0.808 bits per heavy atom. The first-order chi connectivity index (χ1) is 12.8. The Balaban J connectivity index is 1.60. The summed E-state index contributed by atoms with van der Waals surface area (Å²) in [5.74, 6) is 0. The molecule has 5 rings (SSSR count). The summed E-state index contributed by atoms with van der Waals surface area (Å²) in [5.41, 5.74) is 7.42. The smallest absolute Gasteiger partial charge is 0.178 e. The van der Waals surface area contributed by atoms with Gasteiger partial charge in [0.05, 0.1) is 23.1 Å². The summed E-state index contributed by atoms with van der Waals surface area (Å²) < 4.78 is 0. The number of fused-ring (bicyclic) bond motifs is 2. The van der Waals surface area contributed by atoms with Crippen molar-refractivity contribution < 1.29 is 0 Å². The van der Waals surface area contributed by atoms with E-state index in [4.69, 9.17) is 0 Å². The number of hydrogen-bond acceptors (Lipinski definition) is 4. The van der Waals surface area contributed by atoms with Gasteiger partial charge in [0.25, 0.3) is 0 Å². The number of rotatable bonds is 2. The van der Waals surface area contributed by atoms with Crippen LogP contribution in [0.2, 0.25) is 0 Å². The first-order valence-corrected chi connectivity index (χ1v) is 8.41. The van der Waals surface area contributed by atoms with Crippen LogP contribution in [0.4, 0.5) is 0 Å². The molecule has 26 heavy (non-hydrogen) atoms. The summed E-state index contributed by atoms with van der Waals surface area (Å²) in [6, 6.07) is 18.3. The lowest BCUT2D eigenvalue weighted by atomic mass is 10.0. The lowest BCUT2D eigenvalue weighted by molar-refractivity contribution is 1.07. The van der Waals surface area contributed by atoms with Crippen molar-refractivity contribution >= 4 is 22.1 Å². The molecule has 0 spiro atoms. The van der Waals surface area contributed by atoms with E-state index in [1.165, 1.54) is 0 Å². The monoisotopic (exact) mass is 337 g/mol. The summed E-state index contributed by atoms with van der Waals surface area (Å²) in [4.78, 5) is 13.8. The van der Waals surface area contributed by atoms with E-state index < -0.39 is 0 Å². The molecule has 124 valence electrons. The highest BCUT2D eigenvalue weighted by molar-refractivity contribution is 5.88. The molecule has 0 radical (unpaired) electrons. The number of benzene rings is 2.